The summed E-state index contributed by atoms with van der Waals surface area (Å²) < 4.78 is 0. The Morgan fingerprint density at radius 1 is 1.44 bits per heavy atom. The number of hydrogen-bond acceptors (Lipinski definition) is 2. The van der Waals surface area contributed by atoms with E-state index in [0.717, 1.165) is 11.3 Å². The second-order valence-electron chi connectivity index (χ2n) is 4.01. The Kier molecular flexibility index (Phi) is 2.92. The monoisotopic (exact) mass is 239 g/mol. The van der Waals surface area contributed by atoms with E-state index < -0.39 is 0 Å². The maximum atomic E-state index is 11.0. The van der Waals surface area contributed by atoms with Crippen LogP contribution in [0.2, 0.25) is 5.02 Å². The molecule has 0 unspecified atom stereocenters. The largest absolute Gasteiger partial charge is 0.378 e. The van der Waals surface area contributed by atoms with E-state index in [9.17, 15) is 4.79 Å². The average Bonchev–Trinajstić information content (AvgIpc) is 2.64. The lowest BCUT2D eigenvalue weighted by molar-refractivity contribution is 0.247. The summed E-state index contributed by atoms with van der Waals surface area (Å²) in [6, 6.07) is 5.68. The number of anilines is 1. The molecule has 4 nitrogen and oxygen atoms in total. The van der Waals surface area contributed by atoms with E-state index in [-0.39, 0.29) is 12.1 Å². The van der Waals surface area contributed by atoms with E-state index in [0.29, 0.717) is 11.6 Å². The van der Waals surface area contributed by atoms with E-state index in [1.165, 1.54) is 0 Å². The first-order valence-electron chi connectivity index (χ1n) is 5.09. The van der Waals surface area contributed by atoms with Gasteiger partial charge < -0.3 is 15.5 Å². The molecule has 5 heteroatoms. The predicted octanol–water partition coefficient (Wildman–Crippen LogP) is 1.76. The standard InChI is InChI=1S/C11H14ClN3O/c1-15(2)7-3-4-8(9(12)5-7)10-6-13-11(16)14-10/h3-5,10H,6H2,1-2H3,(H2,13,14,16)/t10-/m1/s1. The summed E-state index contributed by atoms with van der Waals surface area (Å²) in [6.07, 6.45) is 0. The fraction of sp³-hybridized carbons (Fsp3) is 0.364. The summed E-state index contributed by atoms with van der Waals surface area (Å²) in [5.41, 5.74) is 2.00. The number of carbonyl (C=O) groups excluding carboxylic acids is 1. The summed E-state index contributed by atoms with van der Waals surface area (Å²) in [5, 5.41) is 6.21. The molecule has 86 valence electrons. The van der Waals surface area contributed by atoms with Gasteiger partial charge in [0.05, 0.1) is 6.04 Å². The number of amides is 2. The van der Waals surface area contributed by atoms with Gasteiger partial charge in [0.15, 0.2) is 0 Å². The van der Waals surface area contributed by atoms with Crippen LogP contribution in [0.1, 0.15) is 11.6 Å². The summed E-state index contributed by atoms with van der Waals surface area (Å²) in [7, 11) is 3.93. The van der Waals surface area contributed by atoms with Crippen LogP contribution in [0.25, 0.3) is 0 Å². The van der Waals surface area contributed by atoms with E-state index in [2.05, 4.69) is 10.6 Å². The Labute approximate surface area is 99.6 Å². The summed E-state index contributed by atoms with van der Waals surface area (Å²) in [6.45, 7) is 0.583. The second kappa shape index (κ2) is 4.22. The lowest BCUT2D eigenvalue weighted by Crippen LogP contribution is -2.21. The highest BCUT2D eigenvalue weighted by Crippen LogP contribution is 2.28. The molecule has 2 amide bonds. The van der Waals surface area contributed by atoms with Crippen molar-refractivity contribution in [2.45, 2.75) is 6.04 Å². The third-order valence-electron chi connectivity index (χ3n) is 2.65. The van der Waals surface area contributed by atoms with Gasteiger partial charge in [-0.05, 0) is 17.7 Å². The molecule has 1 fully saturated rings. The van der Waals surface area contributed by atoms with Gasteiger partial charge in [-0.2, -0.15) is 0 Å². The quantitative estimate of drug-likeness (QED) is 0.826. The van der Waals surface area contributed by atoms with Crippen LogP contribution in [0.5, 0.6) is 0 Å². The van der Waals surface area contributed by atoms with Gasteiger partial charge in [-0.3, -0.25) is 0 Å². The van der Waals surface area contributed by atoms with Crippen LogP contribution in [0, 0.1) is 0 Å². The SMILES string of the molecule is CN(C)c1ccc([C@H]2CNC(=O)N2)c(Cl)c1. The predicted molar refractivity (Wildman–Crippen MR) is 65.1 cm³/mol. The maximum Gasteiger partial charge on any atom is 0.315 e. The molecule has 1 aromatic rings. The second-order valence-corrected chi connectivity index (χ2v) is 4.41. The number of benzene rings is 1. The Morgan fingerprint density at radius 3 is 2.69 bits per heavy atom. The highest BCUT2D eigenvalue weighted by molar-refractivity contribution is 6.31. The molecule has 16 heavy (non-hydrogen) atoms. The van der Waals surface area contributed by atoms with Gasteiger partial charge in [-0.1, -0.05) is 17.7 Å². The van der Waals surface area contributed by atoms with Crippen molar-refractivity contribution in [3.05, 3.63) is 28.8 Å². The molecule has 1 aliphatic heterocycles. The molecule has 2 N–H and O–H groups in total. The van der Waals surface area contributed by atoms with Crippen molar-refractivity contribution in [2.75, 3.05) is 25.5 Å². The fourth-order valence-corrected chi connectivity index (χ4v) is 2.03. The smallest absolute Gasteiger partial charge is 0.315 e. The first-order chi connectivity index (χ1) is 7.58. The first kappa shape index (κ1) is 11.1. The number of nitrogens with one attached hydrogen (secondary N) is 2. The van der Waals surface area contributed by atoms with Crippen molar-refractivity contribution in [1.29, 1.82) is 0 Å². The molecule has 1 aliphatic rings. The molecule has 1 saturated heterocycles. The van der Waals surface area contributed by atoms with Crippen LogP contribution in [0.3, 0.4) is 0 Å². The summed E-state index contributed by atoms with van der Waals surface area (Å²) >= 11 is 6.20. The van der Waals surface area contributed by atoms with Gasteiger partial charge in [0.2, 0.25) is 0 Å². The number of hydrogen-bond donors (Lipinski definition) is 2. The number of urea groups is 1. The molecular formula is C11H14ClN3O. The summed E-state index contributed by atoms with van der Waals surface area (Å²) in [5.74, 6) is 0. The van der Waals surface area contributed by atoms with Gasteiger partial charge >= 0.3 is 6.03 Å². The zero-order valence-corrected chi connectivity index (χ0v) is 10.0. The number of carbonyl (C=O) groups is 1. The van der Waals surface area contributed by atoms with Crippen molar-refractivity contribution in [3.8, 4) is 0 Å². The Hall–Kier alpha value is -1.42. The van der Waals surface area contributed by atoms with E-state index in [1.54, 1.807) is 0 Å². The minimum absolute atomic E-state index is 0.0313. The molecule has 1 aromatic carbocycles. The minimum atomic E-state index is -0.141. The fourth-order valence-electron chi connectivity index (χ4n) is 1.72. The van der Waals surface area contributed by atoms with Crippen molar-refractivity contribution >= 4 is 23.3 Å². The molecule has 0 aromatic heterocycles. The number of nitrogens with zero attached hydrogens (tertiary/aromatic N) is 1. The summed E-state index contributed by atoms with van der Waals surface area (Å²) in [4.78, 5) is 13.0. The number of rotatable bonds is 2. The zero-order valence-electron chi connectivity index (χ0n) is 9.25. The molecule has 0 aliphatic carbocycles. The van der Waals surface area contributed by atoms with Crippen molar-refractivity contribution in [2.24, 2.45) is 0 Å². The highest BCUT2D eigenvalue weighted by atomic mass is 35.5. The molecule has 0 spiro atoms. The zero-order chi connectivity index (χ0) is 11.7. The van der Waals surface area contributed by atoms with Gasteiger partial charge in [0, 0.05) is 31.4 Å². The number of halogens is 1. The average molecular weight is 240 g/mol. The van der Waals surface area contributed by atoms with Crippen LogP contribution >= 0.6 is 11.6 Å². The van der Waals surface area contributed by atoms with E-state index in [4.69, 9.17) is 11.6 Å². The van der Waals surface area contributed by atoms with Gasteiger partial charge in [0.1, 0.15) is 0 Å². The van der Waals surface area contributed by atoms with Crippen molar-refractivity contribution in [1.82, 2.24) is 10.6 Å². The molecule has 0 saturated carbocycles. The highest BCUT2D eigenvalue weighted by Gasteiger charge is 2.23. The molecular weight excluding hydrogens is 226 g/mol. The van der Waals surface area contributed by atoms with Crippen molar-refractivity contribution in [3.63, 3.8) is 0 Å². The van der Waals surface area contributed by atoms with Gasteiger partial charge in [-0.15, -0.1) is 0 Å². The van der Waals surface area contributed by atoms with Crippen LogP contribution in [-0.2, 0) is 0 Å². The van der Waals surface area contributed by atoms with Gasteiger partial charge in [-0.25, -0.2) is 4.79 Å². The first-order valence-corrected chi connectivity index (χ1v) is 5.47. The van der Waals surface area contributed by atoms with Gasteiger partial charge in [0.25, 0.3) is 0 Å². The van der Waals surface area contributed by atoms with Crippen LogP contribution < -0.4 is 15.5 Å². The van der Waals surface area contributed by atoms with Crippen LogP contribution in [0.15, 0.2) is 18.2 Å². The van der Waals surface area contributed by atoms with E-state index in [1.807, 2.05) is 37.2 Å². The lowest BCUT2D eigenvalue weighted by Gasteiger charge is -2.16. The molecule has 1 heterocycles. The Morgan fingerprint density at radius 2 is 2.19 bits per heavy atom. The minimum Gasteiger partial charge on any atom is -0.378 e. The topological polar surface area (TPSA) is 44.4 Å². The third-order valence-corrected chi connectivity index (χ3v) is 2.98. The Bertz CT molecular complexity index is 420. The third kappa shape index (κ3) is 2.07. The van der Waals surface area contributed by atoms with Crippen LogP contribution in [0.4, 0.5) is 10.5 Å². The molecule has 2 rings (SSSR count). The molecule has 0 radical (unpaired) electrons. The lowest BCUT2D eigenvalue weighted by atomic mass is 10.1. The Balaban J connectivity index is 2.26. The molecule has 0 bridgehead atoms. The normalized spacial score (nSPS) is 19.2. The van der Waals surface area contributed by atoms with Crippen LogP contribution in [-0.4, -0.2) is 26.7 Å². The molecule has 1 atom stereocenters. The van der Waals surface area contributed by atoms with E-state index >= 15 is 0 Å². The maximum absolute atomic E-state index is 11.0. The van der Waals surface area contributed by atoms with Crippen molar-refractivity contribution < 1.29 is 4.79 Å².